The second kappa shape index (κ2) is 5.66. The lowest BCUT2D eigenvalue weighted by Crippen LogP contribution is -2.68. The molecule has 1 N–H and O–H groups in total. The molecular weight excluding hydrogens is 370 g/mol. The molecule has 3 aliphatic carbocycles. The van der Waals surface area contributed by atoms with Gasteiger partial charge in [0.05, 0.1) is 16.9 Å². The number of thioether (sulfide) groups is 1. The van der Waals surface area contributed by atoms with Crippen molar-refractivity contribution in [2.24, 2.45) is 0 Å². The first kappa shape index (κ1) is 18.2. The van der Waals surface area contributed by atoms with Gasteiger partial charge >= 0.3 is 0 Å². The Kier molecular flexibility index (Phi) is 3.96. The first-order chi connectivity index (χ1) is 12.1. The maximum atomic E-state index is 10.5. The Morgan fingerprint density at radius 1 is 1.23 bits per heavy atom. The van der Waals surface area contributed by atoms with E-state index in [-0.39, 0.29) is 16.9 Å². The summed E-state index contributed by atoms with van der Waals surface area (Å²) in [6.45, 7) is 7.73. The Balaban J connectivity index is 1.67. The van der Waals surface area contributed by atoms with Gasteiger partial charge in [-0.3, -0.25) is 0 Å². The Labute approximate surface area is 162 Å². The predicted octanol–water partition coefficient (Wildman–Crippen LogP) is 3.63. The summed E-state index contributed by atoms with van der Waals surface area (Å²) in [6, 6.07) is 0.192. The van der Waals surface area contributed by atoms with Gasteiger partial charge in [0.15, 0.2) is 11.0 Å². The van der Waals surface area contributed by atoms with Crippen molar-refractivity contribution in [3.8, 4) is 0 Å². The molecule has 5 rings (SSSR count). The molecule has 26 heavy (non-hydrogen) atoms. The van der Waals surface area contributed by atoms with E-state index in [9.17, 15) is 5.11 Å². The molecule has 0 aromatic carbocycles. The van der Waals surface area contributed by atoms with E-state index in [0.717, 1.165) is 35.9 Å². The number of hydrogen-bond donors (Lipinski definition) is 1. The molecule has 8 heteroatoms. The van der Waals surface area contributed by atoms with Gasteiger partial charge in [0.1, 0.15) is 11.4 Å². The van der Waals surface area contributed by atoms with Crippen molar-refractivity contribution < 1.29 is 5.11 Å². The van der Waals surface area contributed by atoms with Crippen molar-refractivity contribution >= 4 is 23.4 Å². The third-order valence-corrected chi connectivity index (χ3v) is 6.51. The zero-order chi connectivity index (χ0) is 18.9. The van der Waals surface area contributed by atoms with Crippen LogP contribution in [0.5, 0.6) is 0 Å². The van der Waals surface area contributed by atoms with Gasteiger partial charge in [0, 0.05) is 16.9 Å². The first-order valence-electron chi connectivity index (χ1n) is 8.87. The predicted molar refractivity (Wildman–Crippen MR) is 102 cm³/mol. The molecule has 0 spiro atoms. The van der Waals surface area contributed by atoms with Crippen LogP contribution in [0.4, 0.5) is 0 Å². The van der Waals surface area contributed by atoms with Crippen LogP contribution in [0.15, 0.2) is 11.4 Å². The minimum Gasteiger partial charge on any atom is -0.382 e. The van der Waals surface area contributed by atoms with Gasteiger partial charge in [0.2, 0.25) is 0 Å². The summed E-state index contributed by atoms with van der Waals surface area (Å²) in [6.07, 6.45) is 6.61. The summed E-state index contributed by atoms with van der Waals surface area (Å²) >= 11 is 7.94. The minimum absolute atomic E-state index is 0.0224. The highest BCUT2D eigenvalue weighted by Crippen LogP contribution is 2.74. The first-order valence-corrected chi connectivity index (χ1v) is 10.5. The molecule has 0 aliphatic heterocycles. The monoisotopic (exact) mass is 393 g/mol. The fourth-order valence-electron chi connectivity index (χ4n) is 4.66. The van der Waals surface area contributed by atoms with Crippen molar-refractivity contribution in [2.45, 2.75) is 74.6 Å². The quantitative estimate of drug-likeness (QED) is 0.617. The lowest BCUT2D eigenvalue weighted by Gasteiger charge is -2.69. The van der Waals surface area contributed by atoms with Crippen LogP contribution in [-0.2, 0) is 16.4 Å². The van der Waals surface area contributed by atoms with Crippen LogP contribution >= 0.6 is 23.4 Å². The van der Waals surface area contributed by atoms with Crippen LogP contribution in [0.3, 0.4) is 0 Å². The van der Waals surface area contributed by atoms with Gasteiger partial charge in [-0.1, -0.05) is 23.4 Å². The van der Waals surface area contributed by atoms with Gasteiger partial charge in [-0.2, -0.15) is 0 Å². The summed E-state index contributed by atoms with van der Waals surface area (Å²) in [4.78, 5) is 8.94. The summed E-state index contributed by atoms with van der Waals surface area (Å²) in [5, 5.41) is 20.7. The molecule has 3 aliphatic rings. The van der Waals surface area contributed by atoms with Crippen LogP contribution in [-0.4, -0.2) is 36.1 Å². The number of aromatic nitrogens is 5. The SMILES string of the molecule is CSc1ncc(Cl)c(C23CC(c4nnc(C(C)(C)O)n4C(C)C)(C2)C3)n1. The maximum Gasteiger partial charge on any atom is 0.187 e. The van der Waals surface area contributed by atoms with E-state index < -0.39 is 5.60 Å². The molecule has 0 unspecified atom stereocenters. The summed E-state index contributed by atoms with van der Waals surface area (Å²) in [7, 11) is 0. The zero-order valence-electron chi connectivity index (χ0n) is 15.7. The Hall–Kier alpha value is -1.18. The number of nitrogens with zero attached hydrogens (tertiary/aromatic N) is 5. The van der Waals surface area contributed by atoms with E-state index >= 15 is 0 Å². The topological polar surface area (TPSA) is 76.7 Å². The van der Waals surface area contributed by atoms with Crippen LogP contribution in [0.25, 0.3) is 0 Å². The van der Waals surface area contributed by atoms with Crippen molar-refractivity contribution in [1.82, 2.24) is 24.7 Å². The van der Waals surface area contributed by atoms with E-state index in [0.29, 0.717) is 10.8 Å². The van der Waals surface area contributed by atoms with E-state index in [1.807, 2.05) is 6.26 Å². The number of halogens is 1. The zero-order valence-corrected chi connectivity index (χ0v) is 17.3. The lowest BCUT2D eigenvalue weighted by molar-refractivity contribution is -0.0820. The molecule has 2 aromatic rings. The summed E-state index contributed by atoms with van der Waals surface area (Å²) < 4.78 is 2.11. The van der Waals surface area contributed by atoms with Crippen LogP contribution in [0, 0.1) is 0 Å². The van der Waals surface area contributed by atoms with E-state index in [1.54, 1.807) is 20.0 Å². The van der Waals surface area contributed by atoms with E-state index in [4.69, 9.17) is 11.6 Å². The molecule has 6 nitrogen and oxygen atoms in total. The second-order valence-electron chi connectivity index (χ2n) is 8.51. The van der Waals surface area contributed by atoms with Gasteiger partial charge < -0.3 is 9.67 Å². The minimum atomic E-state index is -1.01. The third kappa shape index (κ3) is 2.43. The standard InChI is InChI=1S/C18H24ClN5OS/c1-10(2)24-13(16(3,4)25)22-23-14(24)18-7-17(8-18,9-18)12-11(19)6-20-15(21-12)26-5/h6,10,25H,7-9H2,1-5H3. The van der Waals surface area contributed by atoms with Crippen molar-refractivity contribution in [2.75, 3.05) is 6.26 Å². The van der Waals surface area contributed by atoms with E-state index in [1.165, 1.54) is 11.8 Å². The van der Waals surface area contributed by atoms with Crippen LogP contribution in [0.2, 0.25) is 5.02 Å². The largest absolute Gasteiger partial charge is 0.382 e. The van der Waals surface area contributed by atoms with Gasteiger partial charge in [0.25, 0.3) is 0 Å². The Bertz CT molecular complexity index is 853. The molecule has 140 valence electrons. The highest BCUT2D eigenvalue weighted by molar-refractivity contribution is 7.98. The molecule has 0 amide bonds. The van der Waals surface area contributed by atoms with E-state index in [2.05, 4.69) is 38.6 Å². The fraction of sp³-hybridized carbons (Fsp3) is 0.667. The average Bonchev–Trinajstić information content (AvgIpc) is 2.91. The lowest BCUT2D eigenvalue weighted by atomic mass is 9.34. The number of aliphatic hydroxyl groups is 1. The highest BCUT2D eigenvalue weighted by Gasteiger charge is 2.72. The molecule has 0 radical (unpaired) electrons. The molecule has 0 saturated heterocycles. The van der Waals surface area contributed by atoms with Crippen LogP contribution in [0.1, 0.15) is 70.3 Å². The molecule has 3 fully saturated rings. The van der Waals surface area contributed by atoms with Crippen molar-refractivity contribution in [3.05, 3.63) is 28.6 Å². The van der Waals surface area contributed by atoms with Gasteiger partial charge in [-0.15, -0.1) is 10.2 Å². The molecule has 2 aromatic heterocycles. The summed E-state index contributed by atoms with van der Waals surface area (Å²) in [5.41, 5.74) is 0.0144. The second-order valence-corrected chi connectivity index (χ2v) is 9.69. The molecule has 2 heterocycles. The molecule has 3 saturated carbocycles. The highest BCUT2D eigenvalue weighted by atomic mass is 35.5. The number of rotatable bonds is 5. The van der Waals surface area contributed by atoms with Gasteiger partial charge in [-0.25, -0.2) is 9.97 Å². The summed E-state index contributed by atoms with van der Waals surface area (Å²) in [5.74, 6) is 1.62. The van der Waals surface area contributed by atoms with Crippen LogP contribution < -0.4 is 0 Å². The number of hydrogen-bond acceptors (Lipinski definition) is 6. The smallest absolute Gasteiger partial charge is 0.187 e. The fourth-order valence-corrected chi connectivity index (χ4v) is 5.29. The molecular formula is C18H24ClN5OS. The molecule has 2 bridgehead atoms. The average molecular weight is 394 g/mol. The van der Waals surface area contributed by atoms with Gasteiger partial charge in [-0.05, 0) is 53.2 Å². The molecule has 0 atom stereocenters. The Morgan fingerprint density at radius 3 is 2.42 bits per heavy atom. The Morgan fingerprint density at radius 2 is 1.88 bits per heavy atom. The third-order valence-electron chi connectivity index (χ3n) is 5.67. The van der Waals surface area contributed by atoms with Crippen molar-refractivity contribution in [3.63, 3.8) is 0 Å². The maximum absolute atomic E-state index is 10.5. The van der Waals surface area contributed by atoms with Crippen molar-refractivity contribution in [1.29, 1.82) is 0 Å². The normalized spacial score (nSPS) is 27.4.